The average molecular weight is 348 g/mol. The summed E-state index contributed by atoms with van der Waals surface area (Å²) in [6.07, 6.45) is 2.21. The third kappa shape index (κ3) is 3.82. The van der Waals surface area contributed by atoms with E-state index in [2.05, 4.69) is 10.2 Å². The third-order valence-corrected chi connectivity index (χ3v) is 4.15. The molecule has 1 aliphatic carbocycles. The van der Waals surface area contributed by atoms with Crippen molar-refractivity contribution in [1.29, 1.82) is 5.26 Å². The zero-order valence-electron chi connectivity index (χ0n) is 12.1. The molecule has 122 valence electrons. The zero-order valence-corrected chi connectivity index (χ0v) is 13.7. The van der Waals surface area contributed by atoms with Crippen molar-refractivity contribution >= 4 is 24.8 Å². The summed E-state index contributed by atoms with van der Waals surface area (Å²) in [7, 11) is 0. The molecule has 1 saturated carbocycles. The molecule has 0 bridgehead atoms. The molecular weight excluding hydrogens is 328 g/mol. The van der Waals surface area contributed by atoms with Gasteiger partial charge in [0.05, 0.1) is 11.6 Å². The fourth-order valence-electron chi connectivity index (χ4n) is 3.03. The van der Waals surface area contributed by atoms with Crippen molar-refractivity contribution in [1.82, 2.24) is 10.2 Å². The average Bonchev–Trinajstić information content (AvgIpc) is 3.29. The highest BCUT2D eigenvalue weighted by Gasteiger charge is 2.38. The van der Waals surface area contributed by atoms with E-state index in [9.17, 15) is 9.50 Å². The summed E-state index contributed by atoms with van der Waals surface area (Å²) in [6.45, 7) is 3.59. The first-order chi connectivity index (χ1) is 9.70. The normalized spacial score (nSPS) is 19.5. The molecule has 2 N–H and O–H groups in total. The largest absolute Gasteiger partial charge is 0.505 e. The van der Waals surface area contributed by atoms with Gasteiger partial charge in [-0.25, -0.2) is 4.39 Å². The number of piperazine rings is 1. The van der Waals surface area contributed by atoms with Gasteiger partial charge in [0.2, 0.25) is 0 Å². The minimum atomic E-state index is -0.695. The van der Waals surface area contributed by atoms with Crippen molar-refractivity contribution in [3.63, 3.8) is 0 Å². The lowest BCUT2D eigenvalue weighted by Gasteiger charge is -2.35. The van der Waals surface area contributed by atoms with Crippen molar-refractivity contribution < 1.29 is 9.50 Å². The van der Waals surface area contributed by atoms with Crippen LogP contribution in [0.2, 0.25) is 0 Å². The van der Waals surface area contributed by atoms with Crippen molar-refractivity contribution in [2.45, 2.75) is 18.9 Å². The van der Waals surface area contributed by atoms with Crippen LogP contribution in [0.15, 0.2) is 12.1 Å². The summed E-state index contributed by atoms with van der Waals surface area (Å²) in [5, 5.41) is 22.4. The predicted octanol–water partition coefficient (Wildman–Crippen LogP) is 2.60. The van der Waals surface area contributed by atoms with E-state index in [0.717, 1.165) is 45.1 Å². The lowest BCUT2D eigenvalue weighted by atomic mass is 9.96. The lowest BCUT2D eigenvalue weighted by molar-refractivity contribution is 0.153. The first-order valence-electron chi connectivity index (χ1n) is 7.08. The van der Waals surface area contributed by atoms with Crippen LogP contribution in [0.3, 0.4) is 0 Å². The van der Waals surface area contributed by atoms with E-state index in [1.807, 2.05) is 6.07 Å². The molecule has 2 fully saturated rings. The molecule has 0 aromatic heterocycles. The van der Waals surface area contributed by atoms with E-state index in [4.69, 9.17) is 5.26 Å². The van der Waals surface area contributed by atoms with Crippen molar-refractivity contribution in [2.75, 3.05) is 26.2 Å². The lowest BCUT2D eigenvalue weighted by Crippen LogP contribution is -2.45. The molecule has 0 unspecified atom stereocenters. The zero-order chi connectivity index (χ0) is 14.1. The number of benzene rings is 1. The predicted molar refractivity (Wildman–Crippen MR) is 87.2 cm³/mol. The van der Waals surface area contributed by atoms with Gasteiger partial charge in [0.25, 0.3) is 0 Å². The smallest absolute Gasteiger partial charge is 0.166 e. The first kappa shape index (κ1) is 19.0. The molecule has 1 saturated heterocycles. The van der Waals surface area contributed by atoms with Gasteiger partial charge in [0.15, 0.2) is 11.6 Å². The van der Waals surface area contributed by atoms with Crippen LogP contribution in [0.25, 0.3) is 0 Å². The summed E-state index contributed by atoms with van der Waals surface area (Å²) < 4.78 is 13.8. The van der Waals surface area contributed by atoms with Crippen molar-refractivity contribution in [3.8, 4) is 11.8 Å². The van der Waals surface area contributed by atoms with E-state index in [0.29, 0.717) is 11.5 Å². The van der Waals surface area contributed by atoms with Gasteiger partial charge in [-0.1, -0.05) is 0 Å². The molecule has 1 atom stereocenters. The Kier molecular flexibility index (Phi) is 6.89. The topological polar surface area (TPSA) is 59.3 Å². The van der Waals surface area contributed by atoms with Crippen LogP contribution in [-0.2, 0) is 0 Å². The molecule has 4 nitrogen and oxygen atoms in total. The standard InChI is InChI=1S/C15H18FN3O.2ClH/c16-13-8-10(9-17)7-12(15(13)20)14(11-1-2-11)19-5-3-18-4-6-19;;/h7-8,11,14,18,20H,1-6H2;2*1H/t14-;;/m0../s1. The molecule has 1 heterocycles. The molecule has 0 amide bonds. The number of hydrogen-bond acceptors (Lipinski definition) is 4. The van der Waals surface area contributed by atoms with Crippen LogP contribution in [-0.4, -0.2) is 36.2 Å². The van der Waals surface area contributed by atoms with Crippen LogP contribution >= 0.6 is 24.8 Å². The fraction of sp³-hybridized carbons (Fsp3) is 0.533. The molecule has 0 radical (unpaired) electrons. The third-order valence-electron chi connectivity index (χ3n) is 4.15. The maximum absolute atomic E-state index is 13.8. The Morgan fingerprint density at radius 1 is 1.27 bits per heavy atom. The number of hydrogen-bond donors (Lipinski definition) is 2. The number of halogens is 3. The second kappa shape index (κ2) is 7.98. The molecule has 1 aromatic carbocycles. The fourth-order valence-corrected chi connectivity index (χ4v) is 3.03. The molecule has 7 heteroatoms. The van der Waals surface area contributed by atoms with Gasteiger partial charge in [0.1, 0.15) is 0 Å². The Hall–Kier alpha value is -1.06. The van der Waals surface area contributed by atoms with E-state index >= 15 is 0 Å². The maximum Gasteiger partial charge on any atom is 0.166 e. The summed E-state index contributed by atoms with van der Waals surface area (Å²) in [5.74, 6) is -0.522. The van der Waals surface area contributed by atoms with E-state index in [-0.39, 0.29) is 42.2 Å². The Morgan fingerprint density at radius 3 is 2.45 bits per heavy atom. The molecule has 1 aromatic rings. The second-order valence-electron chi connectivity index (χ2n) is 5.58. The van der Waals surface area contributed by atoms with Gasteiger partial charge in [0, 0.05) is 37.8 Å². The van der Waals surface area contributed by atoms with Crippen LogP contribution in [0.4, 0.5) is 4.39 Å². The molecule has 0 spiro atoms. The minimum Gasteiger partial charge on any atom is -0.505 e. The number of aromatic hydroxyl groups is 1. The maximum atomic E-state index is 13.8. The minimum absolute atomic E-state index is 0. The van der Waals surface area contributed by atoms with E-state index in [1.165, 1.54) is 0 Å². The quantitative estimate of drug-likeness (QED) is 0.882. The summed E-state index contributed by atoms with van der Waals surface area (Å²) >= 11 is 0. The van der Waals surface area contributed by atoms with Crippen LogP contribution in [0.1, 0.15) is 30.0 Å². The Morgan fingerprint density at radius 2 is 1.91 bits per heavy atom. The SMILES string of the molecule is Cl.Cl.N#Cc1cc(F)c(O)c([C@H](C2CC2)N2CCNCC2)c1. The monoisotopic (exact) mass is 347 g/mol. The van der Waals surface area contributed by atoms with E-state index < -0.39 is 5.82 Å². The number of nitriles is 1. The number of nitrogens with zero attached hydrogens (tertiary/aromatic N) is 2. The first-order valence-corrected chi connectivity index (χ1v) is 7.08. The highest BCUT2D eigenvalue weighted by molar-refractivity contribution is 5.85. The van der Waals surface area contributed by atoms with Gasteiger partial charge >= 0.3 is 0 Å². The molecule has 22 heavy (non-hydrogen) atoms. The number of phenols is 1. The van der Waals surface area contributed by atoms with Gasteiger partial charge in [-0.3, -0.25) is 4.90 Å². The Balaban J connectivity index is 0.00000121. The summed E-state index contributed by atoms with van der Waals surface area (Å²) in [5.41, 5.74) is 0.849. The molecule has 2 aliphatic rings. The van der Waals surface area contributed by atoms with Gasteiger partial charge in [-0.2, -0.15) is 5.26 Å². The Bertz CT molecular complexity index is 554. The van der Waals surface area contributed by atoms with E-state index in [1.54, 1.807) is 6.07 Å². The summed E-state index contributed by atoms with van der Waals surface area (Å²) in [6, 6.07) is 4.74. The van der Waals surface area contributed by atoms with Crippen LogP contribution < -0.4 is 5.32 Å². The van der Waals surface area contributed by atoms with Crippen molar-refractivity contribution in [3.05, 3.63) is 29.1 Å². The molecule has 1 aliphatic heterocycles. The van der Waals surface area contributed by atoms with Gasteiger partial charge in [-0.15, -0.1) is 24.8 Å². The Labute approximate surface area is 142 Å². The van der Waals surface area contributed by atoms with Crippen LogP contribution in [0.5, 0.6) is 5.75 Å². The van der Waals surface area contributed by atoms with Gasteiger partial charge < -0.3 is 10.4 Å². The van der Waals surface area contributed by atoms with Gasteiger partial charge in [-0.05, 0) is 30.9 Å². The molecule has 3 rings (SSSR count). The second-order valence-corrected chi connectivity index (χ2v) is 5.58. The number of nitrogens with one attached hydrogen (secondary N) is 1. The number of rotatable bonds is 3. The number of phenolic OH excluding ortho intramolecular Hbond substituents is 1. The van der Waals surface area contributed by atoms with Crippen LogP contribution in [0, 0.1) is 23.1 Å². The van der Waals surface area contributed by atoms with Crippen molar-refractivity contribution in [2.24, 2.45) is 5.92 Å². The highest BCUT2D eigenvalue weighted by atomic mass is 35.5. The highest BCUT2D eigenvalue weighted by Crippen LogP contribution is 2.47. The molecular formula is C15H20Cl2FN3O. The summed E-state index contributed by atoms with van der Waals surface area (Å²) in [4.78, 5) is 2.30.